The normalized spacial score (nSPS) is 10.4. The highest BCUT2D eigenvalue weighted by atomic mass is 16.5. The molecule has 21 heavy (non-hydrogen) atoms. The molecule has 0 aliphatic carbocycles. The zero-order chi connectivity index (χ0) is 15.1. The van der Waals surface area contributed by atoms with Gasteiger partial charge in [0.05, 0.1) is 7.11 Å². The zero-order valence-electron chi connectivity index (χ0n) is 13.0. The highest BCUT2D eigenvalue weighted by Gasteiger charge is 2.05. The lowest BCUT2D eigenvalue weighted by molar-refractivity contribution is 0.284. The van der Waals surface area contributed by atoms with Crippen LogP contribution in [0, 0.1) is 6.92 Å². The van der Waals surface area contributed by atoms with Crippen LogP contribution in [-0.4, -0.2) is 13.7 Å². The number of rotatable bonds is 7. The Morgan fingerprint density at radius 1 is 1.00 bits per heavy atom. The van der Waals surface area contributed by atoms with E-state index in [0.717, 1.165) is 35.7 Å². The maximum Gasteiger partial charge on any atom is 0.161 e. The summed E-state index contributed by atoms with van der Waals surface area (Å²) < 4.78 is 11.2. The van der Waals surface area contributed by atoms with E-state index in [1.54, 1.807) is 7.11 Å². The molecule has 0 spiro atoms. The highest BCUT2D eigenvalue weighted by Crippen LogP contribution is 2.28. The van der Waals surface area contributed by atoms with Gasteiger partial charge in [0.25, 0.3) is 0 Å². The Labute approximate surface area is 126 Å². The van der Waals surface area contributed by atoms with Gasteiger partial charge in [0.2, 0.25) is 0 Å². The van der Waals surface area contributed by atoms with Gasteiger partial charge in [-0.2, -0.15) is 0 Å². The molecule has 3 heteroatoms. The quantitative estimate of drug-likeness (QED) is 0.841. The first-order chi connectivity index (χ1) is 10.2. The molecule has 0 aliphatic heterocycles. The third-order valence-electron chi connectivity index (χ3n) is 3.28. The Kier molecular flexibility index (Phi) is 5.64. The van der Waals surface area contributed by atoms with Crippen molar-refractivity contribution in [2.24, 2.45) is 0 Å². The molecule has 0 saturated heterocycles. The highest BCUT2D eigenvalue weighted by molar-refractivity contribution is 5.42. The molecule has 0 unspecified atom stereocenters. The summed E-state index contributed by atoms with van der Waals surface area (Å²) in [5.74, 6) is 1.55. The molecule has 0 radical (unpaired) electrons. The molecule has 0 atom stereocenters. The molecule has 0 fully saturated rings. The first-order valence-electron chi connectivity index (χ1n) is 7.29. The monoisotopic (exact) mass is 285 g/mol. The summed E-state index contributed by atoms with van der Waals surface area (Å²) >= 11 is 0. The second-order valence-corrected chi connectivity index (χ2v) is 5.04. The molecular formula is C18H23NO2. The van der Waals surface area contributed by atoms with E-state index in [4.69, 9.17) is 9.47 Å². The Hall–Kier alpha value is -2.00. The van der Waals surface area contributed by atoms with Crippen molar-refractivity contribution in [3.8, 4) is 11.5 Å². The van der Waals surface area contributed by atoms with Gasteiger partial charge < -0.3 is 14.8 Å². The lowest BCUT2D eigenvalue weighted by atomic mass is 10.1. The first kappa shape index (κ1) is 15.4. The fraction of sp³-hybridized carbons (Fsp3) is 0.333. The topological polar surface area (TPSA) is 30.5 Å². The summed E-state index contributed by atoms with van der Waals surface area (Å²) in [6.07, 6.45) is 0. The summed E-state index contributed by atoms with van der Waals surface area (Å²) in [6.45, 7) is 6.55. The van der Waals surface area contributed by atoms with E-state index in [2.05, 4.69) is 36.5 Å². The van der Waals surface area contributed by atoms with E-state index in [9.17, 15) is 0 Å². The Balaban J connectivity index is 2.02. The minimum absolute atomic E-state index is 0.541. The fourth-order valence-electron chi connectivity index (χ4n) is 2.15. The van der Waals surface area contributed by atoms with E-state index < -0.39 is 0 Å². The lowest BCUT2D eigenvalue weighted by Crippen LogP contribution is -2.11. The largest absolute Gasteiger partial charge is 0.493 e. The third kappa shape index (κ3) is 4.50. The number of methoxy groups -OCH3 is 1. The van der Waals surface area contributed by atoms with E-state index in [0.29, 0.717) is 6.61 Å². The van der Waals surface area contributed by atoms with Gasteiger partial charge in [0.15, 0.2) is 11.5 Å². The van der Waals surface area contributed by atoms with E-state index in [1.165, 1.54) is 5.56 Å². The molecule has 0 saturated carbocycles. The predicted octanol–water partition coefficient (Wildman–Crippen LogP) is 3.69. The third-order valence-corrected chi connectivity index (χ3v) is 3.28. The smallest absolute Gasteiger partial charge is 0.161 e. The SMILES string of the molecule is CCNCc1cccc(COc2ccc(C)cc2OC)c1. The molecule has 3 nitrogen and oxygen atoms in total. The summed E-state index contributed by atoms with van der Waals surface area (Å²) in [6, 6.07) is 14.4. The summed E-state index contributed by atoms with van der Waals surface area (Å²) in [7, 11) is 1.67. The van der Waals surface area contributed by atoms with Crippen molar-refractivity contribution in [2.45, 2.75) is 27.0 Å². The maximum absolute atomic E-state index is 5.88. The van der Waals surface area contributed by atoms with Gasteiger partial charge in [0, 0.05) is 6.54 Å². The van der Waals surface area contributed by atoms with Crippen LogP contribution in [0.3, 0.4) is 0 Å². The van der Waals surface area contributed by atoms with E-state index in [-0.39, 0.29) is 0 Å². The van der Waals surface area contributed by atoms with E-state index >= 15 is 0 Å². The van der Waals surface area contributed by atoms with Gasteiger partial charge in [-0.3, -0.25) is 0 Å². The summed E-state index contributed by atoms with van der Waals surface area (Å²) in [5, 5.41) is 3.33. The second kappa shape index (κ2) is 7.70. The number of ether oxygens (including phenoxy) is 2. The zero-order valence-corrected chi connectivity index (χ0v) is 13.0. The number of benzene rings is 2. The van der Waals surface area contributed by atoms with Gasteiger partial charge in [-0.05, 0) is 42.3 Å². The standard InChI is InChI=1S/C18H23NO2/c1-4-19-12-15-6-5-7-16(11-15)13-21-17-9-8-14(2)10-18(17)20-3/h5-11,19H,4,12-13H2,1-3H3. The summed E-state index contributed by atoms with van der Waals surface area (Å²) in [4.78, 5) is 0. The van der Waals surface area contributed by atoms with Crippen molar-refractivity contribution in [2.75, 3.05) is 13.7 Å². The van der Waals surface area contributed by atoms with Crippen molar-refractivity contribution in [1.82, 2.24) is 5.32 Å². The molecule has 0 aliphatic rings. The van der Waals surface area contributed by atoms with Crippen molar-refractivity contribution < 1.29 is 9.47 Å². The lowest BCUT2D eigenvalue weighted by Gasteiger charge is -2.12. The molecule has 2 rings (SSSR count). The Bertz CT molecular complexity index is 581. The minimum atomic E-state index is 0.541. The van der Waals surface area contributed by atoms with E-state index in [1.807, 2.05) is 25.1 Å². The molecular weight excluding hydrogens is 262 g/mol. The number of aryl methyl sites for hydroxylation is 1. The Morgan fingerprint density at radius 3 is 2.57 bits per heavy atom. The second-order valence-electron chi connectivity index (χ2n) is 5.04. The van der Waals surface area contributed by atoms with Crippen molar-refractivity contribution >= 4 is 0 Å². The molecule has 0 aromatic heterocycles. The number of nitrogens with one attached hydrogen (secondary N) is 1. The molecule has 0 heterocycles. The van der Waals surface area contributed by atoms with Gasteiger partial charge in [-0.25, -0.2) is 0 Å². The molecule has 0 bridgehead atoms. The molecule has 1 N–H and O–H groups in total. The molecule has 2 aromatic carbocycles. The van der Waals surface area contributed by atoms with Crippen LogP contribution in [0.1, 0.15) is 23.6 Å². The van der Waals surface area contributed by atoms with Crippen LogP contribution in [0.5, 0.6) is 11.5 Å². The molecule has 0 amide bonds. The van der Waals surface area contributed by atoms with Crippen LogP contribution in [-0.2, 0) is 13.2 Å². The van der Waals surface area contributed by atoms with Gasteiger partial charge in [-0.1, -0.05) is 37.3 Å². The average Bonchev–Trinajstić information content (AvgIpc) is 2.52. The van der Waals surface area contributed by atoms with Gasteiger partial charge in [0.1, 0.15) is 6.61 Å². The van der Waals surface area contributed by atoms with Crippen LogP contribution >= 0.6 is 0 Å². The maximum atomic E-state index is 5.88. The molecule has 2 aromatic rings. The fourth-order valence-corrected chi connectivity index (χ4v) is 2.15. The minimum Gasteiger partial charge on any atom is -0.493 e. The van der Waals surface area contributed by atoms with Crippen molar-refractivity contribution in [3.05, 3.63) is 59.2 Å². The Morgan fingerprint density at radius 2 is 1.81 bits per heavy atom. The number of hydrogen-bond donors (Lipinski definition) is 1. The molecule has 112 valence electrons. The van der Waals surface area contributed by atoms with Gasteiger partial charge in [-0.15, -0.1) is 0 Å². The van der Waals surface area contributed by atoms with Crippen LogP contribution in [0.25, 0.3) is 0 Å². The van der Waals surface area contributed by atoms with Crippen LogP contribution < -0.4 is 14.8 Å². The number of hydrogen-bond acceptors (Lipinski definition) is 3. The van der Waals surface area contributed by atoms with Crippen LogP contribution in [0.2, 0.25) is 0 Å². The summed E-state index contributed by atoms with van der Waals surface area (Å²) in [5.41, 5.74) is 3.59. The first-order valence-corrected chi connectivity index (χ1v) is 7.29. The van der Waals surface area contributed by atoms with Crippen molar-refractivity contribution in [3.63, 3.8) is 0 Å². The predicted molar refractivity (Wildman–Crippen MR) is 85.9 cm³/mol. The van der Waals surface area contributed by atoms with Crippen LogP contribution in [0.4, 0.5) is 0 Å². The van der Waals surface area contributed by atoms with Gasteiger partial charge >= 0.3 is 0 Å². The average molecular weight is 285 g/mol. The van der Waals surface area contributed by atoms with Crippen molar-refractivity contribution in [1.29, 1.82) is 0 Å². The van der Waals surface area contributed by atoms with Crippen LogP contribution in [0.15, 0.2) is 42.5 Å².